The van der Waals surface area contributed by atoms with Crippen molar-refractivity contribution < 1.29 is 14.3 Å². The van der Waals surface area contributed by atoms with E-state index >= 15 is 0 Å². The lowest BCUT2D eigenvalue weighted by Crippen LogP contribution is -2.14. The lowest BCUT2D eigenvalue weighted by atomic mass is 10.0. The summed E-state index contributed by atoms with van der Waals surface area (Å²) in [5.74, 6) is -0.377. The number of aromatic nitrogens is 2. The third-order valence-corrected chi connectivity index (χ3v) is 4.92. The molecule has 1 aromatic carbocycles. The average Bonchev–Trinajstić information content (AvgIpc) is 3.29. The normalized spacial score (nSPS) is 10.8. The molecule has 3 aromatic rings. The summed E-state index contributed by atoms with van der Waals surface area (Å²) in [5.41, 5.74) is 2.59. The third kappa shape index (κ3) is 4.25. The SMILES string of the molecule is COC(=O)c1c(CC(C)C)csc1NC(=O)c1cnn(-c2ccccc2)c1. The van der Waals surface area contributed by atoms with Crippen molar-refractivity contribution in [1.82, 2.24) is 9.78 Å². The average molecular weight is 383 g/mol. The second-order valence-corrected chi connectivity index (χ2v) is 7.40. The first kappa shape index (κ1) is 18.8. The zero-order valence-corrected chi connectivity index (χ0v) is 16.2. The van der Waals surface area contributed by atoms with Crippen LogP contribution in [0.4, 0.5) is 5.00 Å². The number of rotatable bonds is 6. The summed E-state index contributed by atoms with van der Waals surface area (Å²) in [4.78, 5) is 24.9. The highest BCUT2D eigenvalue weighted by Gasteiger charge is 2.22. The first-order valence-corrected chi connectivity index (χ1v) is 9.47. The smallest absolute Gasteiger partial charge is 0.341 e. The molecule has 0 aliphatic heterocycles. The third-order valence-electron chi connectivity index (χ3n) is 3.98. The van der Waals surface area contributed by atoms with Gasteiger partial charge in [0, 0.05) is 6.20 Å². The molecule has 7 heteroatoms. The fourth-order valence-electron chi connectivity index (χ4n) is 2.74. The van der Waals surface area contributed by atoms with Gasteiger partial charge in [-0.15, -0.1) is 11.3 Å². The summed E-state index contributed by atoms with van der Waals surface area (Å²) in [5, 5.41) is 9.45. The number of para-hydroxylation sites is 1. The summed E-state index contributed by atoms with van der Waals surface area (Å²) in [6, 6.07) is 9.53. The molecule has 0 aliphatic carbocycles. The molecule has 0 fully saturated rings. The Labute approximate surface area is 161 Å². The van der Waals surface area contributed by atoms with Crippen molar-refractivity contribution in [2.75, 3.05) is 12.4 Å². The maximum Gasteiger partial charge on any atom is 0.341 e. The highest BCUT2D eigenvalue weighted by atomic mass is 32.1. The molecule has 0 radical (unpaired) electrons. The van der Waals surface area contributed by atoms with Crippen molar-refractivity contribution in [2.24, 2.45) is 5.92 Å². The minimum atomic E-state index is -0.442. The second-order valence-electron chi connectivity index (χ2n) is 6.52. The van der Waals surface area contributed by atoms with Crippen molar-refractivity contribution in [1.29, 1.82) is 0 Å². The molecule has 27 heavy (non-hydrogen) atoms. The van der Waals surface area contributed by atoms with Gasteiger partial charge in [-0.1, -0.05) is 32.0 Å². The molecule has 6 nitrogen and oxygen atoms in total. The molecule has 1 amide bonds. The fraction of sp³-hybridized carbons (Fsp3) is 0.250. The quantitative estimate of drug-likeness (QED) is 0.649. The van der Waals surface area contributed by atoms with Gasteiger partial charge in [-0.2, -0.15) is 5.10 Å². The van der Waals surface area contributed by atoms with Crippen LogP contribution in [0.15, 0.2) is 48.1 Å². The Morgan fingerprint density at radius 1 is 1.26 bits per heavy atom. The van der Waals surface area contributed by atoms with Crippen molar-refractivity contribution in [3.05, 3.63) is 64.8 Å². The van der Waals surface area contributed by atoms with Crippen LogP contribution in [0.1, 0.15) is 40.1 Å². The molecule has 0 saturated heterocycles. The van der Waals surface area contributed by atoms with E-state index in [9.17, 15) is 9.59 Å². The van der Waals surface area contributed by atoms with Crippen LogP contribution in [-0.4, -0.2) is 28.8 Å². The number of methoxy groups -OCH3 is 1. The second kappa shape index (κ2) is 8.18. The first-order valence-electron chi connectivity index (χ1n) is 8.59. The number of anilines is 1. The number of ether oxygens (including phenoxy) is 1. The number of nitrogens with one attached hydrogen (secondary N) is 1. The van der Waals surface area contributed by atoms with Crippen molar-refractivity contribution in [3.63, 3.8) is 0 Å². The van der Waals surface area contributed by atoms with Crippen molar-refractivity contribution in [2.45, 2.75) is 20.3 Å². The summed E-state index contributed by atoms with van der Waals surface area (Å²) in [6.07, 6.45) is 3.90. The van der Waals surface area contributed by atoms with Crippen LogP contribution < -0.4 is 5.32 Å². The molecular weight excluding hydrogens is 362 g/mol. The molecule has 2 heterocycles. The van der Waals surface area contributed by atoms with E-state index in [1.165, 1.54) is 24.6 Å². The Morgan fingerprint density at radius 3 is 2.67 bits per heavy atom. The highest BCUT2D eigenvalue weighted by molar-refractivity contribution is 7.15. The van der Waals surface area contributed by atoms with Gasteiger partial charge in [0.05, 0.1) is 30.1 Å². The van der Waals surface area contributed by atoms with E-state index in [1.54, 1.807) is 10.9 Å². The van der Waals surface area contributed by atoms with Gasteiger partial charge in [0.2, 0.25) is 0 Å². The fourth-order valence-corrected chi connectivity index (χ4v) is 3.70. The minimum Gasteiger partial charge on any atom is -0.465 e. The first-order chi connectivity index (χ1) is 13.0. The molecular formula is C20H21N3O3S. The standard InChI is InChI=1S/C20H21N3O3S/c1-13(2)9-14-12-27-19(17(14)20(25)26-3)22-18(24)15-10-21-23(11-15)16-7-5-4-6-8-16/h4-8,10-13H,9H2,1-3H3,(H,22,24). The van der Waals surface area contributed by atoms with E-state index in [0.29, 0.717) is 22.0 Å². The molecule has 0 aliphatic rings. The molecule has 0 bridgehead atoms. The highest BCUT2D eigenvalue weighted by Crippen LogP contribution is 2.31. The maximum atomic E-state index is 12.6. The van der Waals surface area contributed by atoms with E-state index in [0.717, 1.165) is 17.7 Å². The number of carbonyl (C=O) groups is 2. The summed E-state index contributed by atoms with van der Waals surface area (Å²) >= 11 is 1.33. The van der Waals surface area contributed by atoms with Gasteiger partial charge in [-0.25, -0.2) is 9.48 Å². The van der Waals surface area contributed by atoms with Crippen LogP contribution in [0.3, 0.4) is 0 Å². The van der Waals surface area contributed by atoms with Gasteiger partial charge in [-0.3, -0.25) is 4.79 Å². The van der Waals surface area contributed by atoms with E-state index < -0.39 is 5.97 Å². The largest absolute Gasteiger partial charge is 0.465 e. The zero-order valence-electron chi connectivity index (χ0n) is 15.4. The molecule has 0 spiro atoms. The predicted molar refractivity (Wildman–Crippen MR) is 106 cm³/mol. The van der Waals surface area contributed by atoms with Gasteiger partial charge >= 0.3 is 5.97 Å². The number of hydrogen-bond acceptors (Lipinski definition) is 5. The van der Waals surface area contributed by atoms with E-state index in [-0.39, 0.29) is 5.91 Å². The Kier molecular flexibility index (Phi) is 5.71. The maximum absolute atomic E-state index is 12.6. The summed E-state index contributed by atoms with van der Waals surface area (Å²) in [7, 11) is 1.34. The van der Waals surface area contributed by atoms with Gasteiger partial charge in [0.25, 0.3) is 5.91 Å². The van der Waals surface area contributed by atoms with Crippen molar-refractivity contribution >= 4 is 28.2 Å². The van der Waals surface area contributed by atoms with Gasteiger partial charge in [0.15, 0.2) is 0 Å². The number of hydrogen-bond donors (Lipinski definition) is 1. The van der Waals surface area contributed by atoms with Crippen LogP contribution in [0, 0.1) is 5.92 Å². The van der Waals surface area contributed by atoms with Gasteiger partial charge < -0.3 is 10.1 Å². The molecule has 1 N–H and O–H groups in total. The molecule has 0 saturated carbocycles. The monoisotopic (exact) mass is 383 g/mol. The number of nitrogens with zero attached hydrogens (tertiary/aromatic N) is 2. The van der Waals surface area contributed by atoms with E-state index in [1.807, 2.05) is 35.7 Å². The Bertz CT molecular complexity index is 945. The van der Waals surface area contributed by atoms with Gasteiger partial charge in [0.1, 0.15) is 5.00 Å². The van der Waals surface area contributed by atoms with Crippen LogP contribution in [0.5, 0.6) is 0 Å². The molecule has 3 rings (SSSR count). The number of carbonyl (C=O) groups excluding carboxylic acids is 2. The Hall–Kier alpha value is -2.93. The lowest BCUT2D eigenvalue weighted by Gasteiger charge is -2.08. The molecule has 140 valence electrons. The van der Waals surface area contributed by atoms with Crippen LogP contribution >= 0.6 is 11.3 Å². The zero-order chi connectivity index (χ0) is 19.4. The molecule has 0 unspecified atom stereocenters. The number of esters is 1. The van der Waals surface area contributed by atoms with Crippen molar-refractivity contribution in [3.8, 4) is 5.69 Å². The van der Waals surface area contributed by atoms with E-state index in [4.69, 9.17) is 4.74 Å². The Morgan fingerprint density at radius 2 is 2.00 bits per heavy atom. The van der Waals surface area contributed by atoms with Gasteiger partial charge in [-0.05, 0) is 35.4 Å². The van der Waals surface area contributed by atoms with Crippen LogP contribution in [0.25, 0.3) is 5.69 Å². The van der Waals surface area contributed by atoms with Crippen LogP contribution in [0.2, 0.25) is 0 Å². The number of benzene rings is 1. The summed E-state index contributed by atoms with van der Waals surface area (Å²) < 4.78 is 6.54. The lowest BCUT2D eigenvalue weighted by molar-refractivity contribution is 0.0601. The molecule has 2 aromatic heterocycles. The summed E-state index contributed by atoms with van der Waals surface area (Å²) in [6.45, 7) is 4.16. The topological polar surface area (TPSA) is 73.2 Å². The molecule has 0 atom stereocenters. The Balaban J connectivity index is 1.83. The predicted octanol–water partition coefficient (Wildman–Crippen LogP) is 4.17. The van der Waals surface area contributed by atoms with E-state index in [2.05, 4.69) is 24.3 Å². The number of thiophene rings is 1. The number of amides is 1. The minimum absolute atomic E-state index is 0.319. The van der Waals surface area contributed by atoms with Crippen LogP contribution in [-0.2, 0) is 11.2 Å².